The van der Waals surface area contributed by atoms with E-state index in [4.69, 9.17) is 4.74 Å². The third-order valence-corrected chi connectivity index (χ3v) is 6.10. The van der Waals surface area contributed by atoms with E-state index in [-0.39, 0.29) is 11.8 Å². The second-order valence-electron chi connectivity index (χ2n) is 7.72. The summed E-state index contributed by atoms with van der Waals surface area (Å²) in [4.78, 5) is 18.6. The zero-order valence-corrected chi connectivity index (χ0v) is 15.6. The number of aliphatic hydroxyl groups is 1. The van der Waals surface area contributed by atoms with Crippen LogP contribution >= 0.6 is 0 Å². The maximum Gasteiger partial charge on any atom is 0.425 e. The number of amides is 1. The summed E-state index contributed by atoms with van der Waals surface area (Å²) >= 11 is 0. The van der Waals surface area contributed by atoms with Crippen molar-refractivity contribution in [2.75, 3.05) is 11.4 Å². The van der Waals surface area contributed by atoms with Gasteiger partial charge in [-0.2, -0.15) is 13.2 Å². The van der Waals surface area contributed by atoms with Gasteiger partial charge in [0.15, 0.2) is 6.10 Å². The molecule has 5 nitrogen and oxygen atoms in total. The van der Waals surface area contributed by atoms with Gasteiger partial charge in [-0.1, -0.05) is 6.92 Å². The second-order valence-corrected chi connectivity index (χ2v) is 7.72. The average Bonchev–Trinajstić information content (AvgIpc) is 2.94. The lowest BCUT2D eigenvalue weighted by molar-refractivity contribution is -0.189. The first-order chi connectivity index (χ1) is 12.6. The van der Waals surface area contributed by atoms with Crippen LogP contribution in [0.3, 0.4) is 0 Å². The van der Waals surface area contributed by atoms with Gasteiger partial charge in [0.2, 0.25) is 11.8 Å². The lowest BCUT2D eigenvalue weighted by atomic mass is 9.67. The van der Waals surface area contributed by atoms with Crippen LogP contribution in [0.4, 0.5) is 18.9 Å². The molecule has 8 heteroatoms. The van der Waals surface area contributed by atoms with Crippen molar-refractivity contribution in [1.29, 1.82) is 0 Å². The smallest absolute Gasteiger partial charge is 0.425 e. The lowest BCUT2D eigenvalue weighted by Gasteiger charge is -2.40. The zero-order chi connectivity index (χ0) is 19.9. The van der Waals surface area contributed by atoms with Crippen molar-refractivity contribution in [3.63, 3.8) is 0 Å². The first-order valence-corrected chi connectivity index (χ1v) is 9.32. The van der Waals surface area contributed by atoms with Gasteiger partial charge in [-0.05, 0) is 51.5 Å². The Bertz CT molecular complexity index is 682. The van der Waals surface area contributed by atoms with E-state index in [1.807, 2.05) is 6.92 Å². The monoisotopic (exact) mass is 386 g/mol. The van der Waals surface area contributed by atoms with Gasteiger partial charge in [0, 0.05) is 12.6 Å². The number of carbonyl (C=O) groups excluding carboxylic acids is 1. The van der Waals surface area contributed by atoms with Crippen LogP contribution in [0.1, 0.15) is 52.4 Å². The van der Waals surface area contributed by atoms with Gasteiger partial charge in [0.1, 0.15) is 0 Å². The number of nitrogens with zero attached hydrogens (tertiary/aromatic N) is 2. The summed E-state index contributed by atoms with van der Waals surface area (Å²) in [5.41, 5.74) is -0.559. The Balaban J connectivity index is 1.67. The molecule has 2 fully saturated rings. The topological polar surface area (TPSA) is 62.7 Å². The summed E-state index contributed by atoms with van der Waals surface area (Å²) in [7, 11) is 0. The van der Waals surface area contributed by atoms with Crippen LogP contribution in [0.25, 0.3) is 0 Å². The second kappa shape index (κ2) is 6.96. The normalized spacial score (nSPS) is 30.0. The van der Waals surface area contributed by atoms with Gasteiger partial charge in [-0.3, -0.25) is 4.79 Å². The Morgan fingerprint density at radius 3 is 2.44 bits per heavy atom. The van der Waals surface area contributed by atoms with Crippen molar-refractivity contribution in [3.8, 4) is 5.88 Å². The van der Waals surface area contributed by atoms with Crippen molar-refractivity contribution < 1.29 is 27.8 Å². The fraction of sp³-hybridized carbons (Fsp3) is 0.684. The van der Waals surface area contributed by atoms with E-state index in [1.54, 1.807) is 11.0 Å². The van der Waals surface area contributed by atoms with Crippen LogP contribution in [0.15, 0.2) is 18.3 Å². The number of rotatable bonds is 4. The van der Waals surface area contributed by atoms with E-state index < -0.39 is 23.3 Å². The van der Waals surface area contributed by atoms with Crippen molar-refractivity contribution in [2.24, 2.45) is 5.41 Å². The Kier molecular flexibility index (Phi) is 5.14. The quantitative estimate of drug-likeness (QED) is 0.854. The summed E-state index contributed by atoms with van der Waals surface area (Å²) in [5, 5.41) is 10.4. The van der Waals surface area contributed by atoms with Gasteiger partial charge in [-0.15, -0.1) is 0 Å². The van der Waals surface area contributed by atoms with Gasteiger partial charge in [0.05, 0.1) is 22.9 Å². The Morgan fingerprint density at radius 2 is 1.93 bits per heavy atom. The van der Waals surface area contributed by atoms with Gasteiger partial charge < -0.3 is 14.7 Å². The van der Waals surface area contributed by atoms with Crippen molar-refractivity contribution >= 4 is 11.6 Å². The third kappa shape index (κ3) is 3.90. The Morgan fingerprint density at radius 1 is 1.26 bits per heavy atom. The predicted octanol–water partition coefficient (Wildman–Crippen LogP) is 3.85. The fourth-order valence-electron chi connectivity index (χ4n) is 3.93. The molecule has 0 bridgehead atoms. The molecule has 0 unspecified atom stereocenters. The molecule has 1 N–H and O–H groups in total. The Labute approximate surface area is 156 Å². The van der Waals surface area contributed by atoms with Crippen LogP contribution < -0.4 is 9.64 Å². The van der Waals surface area contributed by atoms with E-state index in [9.17, 15) is 23.1 Å². The van der Waals surface area contributed by atoms with Crippen molar-refractivity contribution in [2.45, 2.75) is 70.3 Å². The number of hydrogen-bond acceptors (Lipinski definition) is 4. The van der Waals surface area contributed by atoms with Gasteiger partial charge in [-0.25, -0.2) is 4.98 Å². The molecular weight excluding hydrogens is 361 g/mol. The minimum absolute atomic E-state index is 0.0137. The van der Waals surface area contributed by atoms with Crippen LogP contribution in [0.2, 0.25) is 0 Å². The van der Waals surface area contributed by atoms with E-state index in [2.05, 4.69) is 4.98 Å². The van der Waals surface area contributed by atoms with Crippen LogP contribution in [-0.2, 0) is 4.79 Å². The first-order valence-electron chi connectivity index (χ1n) is 9.32. The number of ether oxygens (including phenoxy) is 1. The summed E-state index contributed by atoms with van der Waals surface area (Å²) in [5.74, 6) is -0.115. The average molecular weight is 386 g/mol. The molecule has 1 aliphatic carbocycles. The SMILES string of the molecule is CCC1(O)CCC2(CCN(c3ccc(O[C@H](C)C(F)(F)F)nc3)C2=O)CC1. The molecule has 1 saturated carbocycles. The van der Waals surface area contributed by atoms with E-state index in [1.165, 1.54) is 12.3 Å². The summed E-state index contributed by atoms with van der Waals surface area (Å²) in [6, 6.07) is 2.92. The maximum atomic E-state index is 13.0. The summed E-state index contributed by atoms with van der Waals surface area (Å²) in [6.45, 7) is 3.42. The van der Waals surface area contributed by atoms with E-state index in [0.29, 0.717) is 44.3 Å². The van der Waals surface area contributed by atoms with Crippen molar-refractivity contribution in [3.05, 3.63) is 18.3 Å². The molecule has 1 saturated heterocycles. The largest absolute Gasteiger partial charge is 0.465 e. The van der Waals surface area contributed by atoms with Crippen LogP contribution in [-0.4, -0.2) is 40.4 Å². The Hall–Kier alpha value is -1.83. The highest BCUT2D eigenvalue weighted by Crippen LogP contribution is 2.49. The molecule has 2 heterocycles. The minimum Gasteiger partial charge on any atom is -0.465 e. The number of carbonyl (C=O) groups is 1. The minimum atomic E-state index is -4.46. The number of hydrogen-bond donors (Lipinski definition) is 1. The highest BCUT2D eigenvalue weighted by molar-refractivity contribution is 5.99. The van der Waals surface area contributed by atoms with E-state index >= 15 is 0 Å². The number of alkyl halides is 3. The number of aromatic nitrogens is 1. The maximum absolute atomic E-state index is 13.0. The molecule has 1 aliphatic heterocycles. The highest BCUT2D eigenvalue weighted by atomic mass is 19.4. The predicted molar refractivity (Wildman–Crippen MR) is 93.5 cm³/mol. The van der Waals surface area contributed by atoms with Crippen LogP contribution in [0, 0.1) is 5.41 Å². The van der Waals surface area contributed by atoms with Crippen LogP contribution in [0.5, 0.6) is 5.88 Å². The summed E-state index contributed by atoms with van der Waals surface area (Å²) in [6.07, 6.45) is -1.09. The molecule has 1 amide bonds. The number of pyridine rings is 1. The molecule has 1 atom stereocenters. The standard InChI is InChI=1S/C19H25F3N2O3/c1-3-18(26)8-6-17(7-9-18)10-11-24(16(17)25)14-4-5-15(23-12-14)27-13(2)19(20,21)22/h4-5,12-13,26H,3,6-11H2,1-2H3/t13-,17?,18?/m1/s1. The number of halogens is 3. The molecule has 1 aromatic rings. The van der Waals surface area contributed by atoms with Crippen molar-refractivity contribution in [1.82, 2.24) is 4.98 Å². The molecule has 0 aromatic carbocycles. The van der Waals surface area contributed by atoms with Gasteiger partial charge in [0.25, 0.3) is 0 Å². The molecule has 1 aromatic heterocycles. The molecule has 0 radical (unpaired) electrons. The van der Waals surface area contributed by atoms with E-state index in [0.717, 1.165) is 13.3 Å². The zero-order valence-electron chi connectivity index (χ0n) is 15.6. The molecular formula is C19H25F3N2O3. The number of anilines is 1. The van der Waals surface area contributed by atoms with Gasteiger partial charge >= 0.3 is 6.18 Å². The summed E-state index contributed by atoms with van der Waals surface area (Å²) < 4.78 is 42.5. The molecule has 2 aliphatic rings. The lowest BCUT2D eigenvalue weighted by Crippen LogP contribution is -2.43. The fourth-order valence-corrected chi connectivity index (χ4v) is 3.93. The molecule has 3 rings (SSSR count). The highest BCUT2D eigenvalue weighted by Gasteiger charge is 2.51. The molecule has 27 heavy (non-hydrogen) atoms. The first kappa shape index (κ1) is 19.9. The molecule has 1 spiro atoms. The molecule has 150 valence electrons. The third-order valence-electron chi connectivity index (χ3n) is 6.10.